The summed E-state index contributed by atoms with van der Waals surface area (Å²) in [5.41, 5.74) is 3.50. The molecule has 0 saturated heterocycles. The Bertz CT molecular complexity index is 1050. The number of H-pyrrole nitrogens is 1. The van der Waals surface area contributed by atoms with Gasteiger partial charge in [-0.2, -0.15) is 0 Å². The summed E-state index contributed by atoms with van der Waals surface area (Å²) in [6, 6.07) is 13.2. The van der Waals surface area contributed by atoms with E-state index in [0.717, 1.165) is 34.5 Å². The molecule has 0 bridgehead atoms. The highest BCUT2D eigenvalue weighted by Gasteiger charge is 2.22. The maximum atomic E-state index is 12.7. The van der Waals surface area contributed by atoms with E-state index in [0.29, 0.717) is 5.16 Å². The molecule has 0 aliphatic heterocycles. The molecule has 30 heavy (non-hydrogen) atoms. The van der Waals surface area contributed by atoms with Crippen molar-refractivity contribution in [2.45, 2.75) is 30.7 Å². The second kappa shape index (κ2) is 9.67. The van der Waals surface area contributed by atoms with Gasteiger partial charge in [0, 0.05) is 18.8 Å². The van der Waals surface area contributed by atoms with E-state index in [1.165, 1.54) is 16.7 Å². The van der Waals surface area contributed by atoms with Gasteiger partial charge in [-0.25, -0.2) is 4.98 Å². The van der Waals surface area contributed by atoms with Crippen molar-refractivity contribution < 1.29 is 14.3 Å². The normalized spacial score (nSPS) is 11.9. The Kier molecular flexibility index (Phi) is 6.99. The van der Waals surface area contributed by atoms with Crippen LogP contribution in [0.15, 0.2) is 47.6 Å². The number of hydrogen-bond donors (Lipinski definition) is 2. The van der Waals surface area contributed by atoms with Gasteiger partial charge in [-0.1, -0.05) is 36.9 Å². The Labute approximate surface area is 180 Å². The molecule has 3 aromatic rings. The van der Waals surface area contributed by atoms with Crippen LogP contribution in [0.5, 0.6) is 5.75 Å². The van der Waals surface area contributed by atoms with Gasteiger partial charge in [0.1, 0.15) is 5.75 Å². The van der Waals surface area contributed by atoms with Crippen molar-refractivity contribution >= 4 is 40.3 Å². The Morgan fingerprint density at radius 3 is 2.77 bits per heavy atom. The Morgan fingerprint density at radius 1 is 1.27 bits per heavy atom. The smallest absolute Gasteiger partial charge is 0.243 e. The van der Waals surface area contributed by atoms with Crippen molar-refractivity contribution in [1.29, 1.82) is 0 Å². The van der Waals surface area contributed by atoms with Crippen molar-refractivity contribution in [3.63, 3.8) is 0 Å². The number of para-hydroxylation sites is 1. The average molecular weight is 427 g/mol. The van der Waals surface area contributed by atoms with Gasteiger partial charge in [-0.05, 0) is 37.1 Å². The molecule has 2 N–H and O–H groups in total. The predicted molar refractivity (Wildman–Crippen MR) is 120 cm³/mol. The maximum Gasteiger partial charge on any atom is 0.243 e. The van der Waals surface area contributed by atoms with Crippen LogP contribution in [-0.2, 0) is 16.0 Å². The van der Waals surface area contributed by atoms with Crippen LogP contribution in [-0.4, -0.2) is 52.6 Å². The second-order valence-corrected chi connectivity index (χ2v) is 8.27. The van der Waals surface area contributed by atoms with Gasteiger partial charge in [0.05, 0.1) is 29.9 Å². The number of aryl methyl sites for hydroxylation is 1. The number of carbonyl (C=O) groups is 2. The van der Waals surface area contributed by atoms with Crippen LogP contribution in [0.3, 0.4) is 0 Å². The molecule has 0 radical (unpaired) electrons. The summed E-state index contributed by atoms with van der Waals surface area (Å²) < 4.78 is 5.22. The number of benzene rings is 2. The predicted octanol–water partition coefficient (Wildman–Crippen LogP) is 3.71. The van der Waals surface area contributed by atoms with Crippen molar-refractivity contribution in [2.75, 3.05) is 26.0 Å². The number of aromatic amines is 1. The van der Waals surface area contributed by atoms with Gasteiger partial charge in [0.2, 0.25) is 11.8 Å². The zero-order chi connectivity index (χ0) is 21.7. The molecule has 158 valence electrons. The maximum absolute atomic E-state index is 12.7. The molecular weight excluding hydrogens is 400 g/mol. The van der Waals surface area contributed by atoms with E-state index in [4.69, 9.17) is 4.74 Å². The van der Waals surface area contributed by atoms with Gasteiger partial charge in [0.15, 0.2) is 5.16 Å². The van der Waals surface area contributed by atoms with Crippen LogP contribution in [0.4, 0.5) is 5.69 Å². The lowest BCUT2D eigenvalue weighted by Gasteiger charge is -2.20. The third-order valence-electron chi connectivity index (χ3n) is 4.73. The number of fused-ring (bicyclic) bond motifs is 1. The van der Waals surface area contributed by atoms with E-state index >= 15 is 0 Å². The lowest BCUT2D eigenvalue weighted by molar-refractivity contribution is -0.132. The zero-order valence-corrected chi connectivity index (χ0v) is 18.4. The number of thioether (sulfide) groups is 1. The van der Waals surface area contributed by atoms with E-state index in [1.54, 1.807) is 14.2 Å². The molecule has 0 aliphatic carbocycles. The summed E-state index contributed by atoms with van der Waals surface area (Å²) in [6.07, 6.45) is 0.822. The fourth-order valence-corrected chi connectivity index (χ4v) is 4.05. The molecule has 0 spiro atoms. The molecule has 0 aliphatic rings. The van der Waals surface area contributed by atoms with E-state index in [1.807, 2.05) is 56.3 Å². The largest absolute Gasteiger partial charge is 0.497 e. The highest BCUT2D eigenvalue weighted by Crippen LogP contribution is 2.26. The van der Waals surface area contributed by atoms with Crippen LogP contribution < -0.4 is 10.1 Å². The summed E-state index contributed by atoms with van der Waals surface area (Å²) in [5.74, 6) is 0.374. The molecule has 0 fully saturated rings. The molecular formula is C22H26N4O3S. The number of anilines is 1. The number of carbonyl (C=O) groups excluding carboxylic acids is 2. The van der Waals surface area contributed by atoms with E-state index in [2.05, 4.69) is 15.3 Å². The first kappa shape index (κ1) is 21.7. The number of nitrogens with one attached hydrogen (secondary N) is 2. The van der Waals surface area contributed by atoms with Crippen molar-refractivity contribution in [3.05, 3.63) is 48.0 Å². The SMILES string of the molecule is CCc1ccccc1NC(=O)CN(C)C(=O)C(C)Sc1nc2ccc(OC)cc2[nH]1. The zero-order valence-electron chi connectivity index (χ0n) is 17.6. The van der Waals surface area contributed by atoms with E-state index in [-0.39, 0.29) is 18.4 Å². The third-order valence-corrected chi connectivity index (χ3v) is 5.70. The minimum atomic E-state index is -0.395. The molecule has 1 aromatic heterocycles. The minimum Gasteiger partial charge on any atom is -0.497 e. The standard InChI is InChI=1S/C22H26N4O3S/c1-5-15-8-6-7-9-17(15)23-20(27)13-26(3)21(28)14(2)30-22-24-18-11-10-16(29-4)12-19(18)25-22/h6-12,14H,5,13H2,1-4H3,(H,23,27)(H,24,25). The molecule has 1 atom stereocenters. The van der Waals surface area contributed by atoms with Gasteiger partial charge in [-0.3, -0.25) is 9.59 Å². The summed E-state index contributed by atoms with van der Waals surface area (Å²) in [5, 5.41) is 3.15. The van der Waals surface area contributed by atoms with Crippen molar-refractivity contribution in [2.24, 2.45) is 0 Å². The van der Waals surface area contributed by atoms with Crippen LogP contribution in [0.2, 0.25) is 0 Å². The number of aromatic nitrogens is 2. The first-order valence-electron chi connectivity index (χ1n) is 9.74. The Hall–Kier alpha value is -3.00. The van der Waals surface area contributed by atoms with Crippen LogP contribution in [0.25, 0.3) is 11.0 Å². The second-order valence-electron chi connectivity index (χ2n) is 6.94. The molecule has 3 rings (SSSR count). The minimum absolute atomic E-state index is 0.0148. The summed E-state index contributed by atoms with van der Waals surface area (Å²) in [6.45, 7) is 3.83. The number of nitrogens with zero attached hydrogens (tertiary/aromatic N) is 2. The van der Waals surface area contributed by atoms with Crippen LogP contribution >= 0.6 is 11.8 Å². The number of methoxy groups -OCH3 is 1. The fourth-order valence-electron chi connectivity index (χ4n) is 3.11. The number of hydrogen-bond acceptors (Lipinski definition) is 5. The van der Waals surface area contributed by atoms with Crippen LogP contribution in [0.1, 0.15) is 19.4 Å². The lowest BCUT2D eigenvalue weighted by Crippen LogP contribution is -2.39. The molecule has 0 saturated carbocycles. The highest BCUT2D eigenvalue weighted by atomic mass is 32.2. The topological polar surface area (TPSA) is 87.3 Å². The Balaban J connectivity index is 1.59. The number of amides is 2. The van der Waals surface area contributed by atoms with Gasteiger partial charge < -0.3 is 19.9 Å². The molecule has 1 unspecified atom stereocenters. The third kappa shape index (κ3) is 5.13. The van der Waals surface area contributed by atoms with Crippen LogP contribution in [0, 0.1) is 0 Å². The lowest BCUT2D eigenvalue weighted by atomic mass is 10.1. The molecule has 8 heteroatoms. The van der Waals surface area contributed by atoms with Gasteiger partial charge in [-0.15, -0.1) is 0 Å². The summed E-state index contributed by atoms with van der Waals surface area (Å²) >= 11 is 1.33. The average Bonchev–Trinajstić information content (AvgIpc) is 3.14. The first-order valence-corrected chi connectivity index (χ1v) is 10.6. The molecule has 2 aromatic carbocycles. The van der Waals surface area contributed by atoms with E-state index < -0.39 is 5.25 Å². The number of likely N-dealkylation sites (N-methyl/N-ethyl adjacent to an activating group) is 1. The van der Waals surface area contributed by atoms with Gasteiger partial charge >= 0.3 is 0 Å². The summed E-state index contributed by atoms with van der Waals surface area (Å²) in [7, 11) is 3.25. The van der Waals surface area contributed by atoms with E-state index in [9.17, 15) is 9.59 Å². The molecule has 1 heterocycles. The first-order chi connectivity index (χ1) is 14.4. The summed E-state index contributed by atoms with van der Waals surface area (Å²) in [4.78, 5) is 34.3. The Morgan fingerprint density at radius 2 is 2.03 bits per heavy atom. The number of imidazole rings is 1. The molecule has 2 amide bonds. The molecule has 7 nitrogen and oxygen atoms in total. The fraction of sp³-hybridized carbons (Fsp3) is 0.318. The van der Waals surface area contributed by atoms with Gasteiger partial charge in [0.25, 0.3) is 0 Å². The highest BCUT2D eigenvalue weighted by molar-refractivity contribution is 8.00. The monoisotopic (exact) mass is 426 g/mol. The van der Waals surface area contributed by atoms with Crippen molar-refractivity contribution in [1.82, 2.24) is 14.9 Å². The number of ether oxygens (including phenoxy) is 1. The number of rotatable bonds is 8. The quantitative estimate of drug-likeness (QED) is 0.536. The van der Waals surface area contributed by atoms with Crippen molar-refractivity contribution in [3.8, 4) is 5.75 Å².